The molecule has 0 aliphatic carbocycles. The van der Waals surface area contributed by atoms with Crippen LogP contribution in [0.25, 0.3) is 0 Å². The fourth-order valence-electron chi connectivity index (χ4n) is 2.71. The normalized spacial score (nSPS) is 12.3. The van der Waals surface area contributed by atoms with Crippen LogP contribution in [-0.2, 0) is 16.6 Å². The molecule has 0 aromatic heterocycles. The Hall–Kier alpha value is -1.81. The molecule has 0 saturated carbocycles. The molecule has 0 amide bonds. The first kappa shape index (κ1) is 20.5. The first-order valence-electron chi connectivity index (χ1n) is 8.69. The first-order chi connectivity index (χ1) is 11.9. The highest BCUT2D eigenvalue weighted by molar-refractivity contribution is 8.13. The largest absolute Gasteiger partial charge is 0.507 e. The van der Waals surface area contributed by atoms with Gasteiger partial charge in [-0.15, -0.1) is 0 Å². The molecule has 0 aliphatic rings. The van der Waals surface area contributed by atoms with E-state index in [9.17, 15) is 14.3 Å². The lowest BCUT2D eigenvalue weighted by Crippen LogP contribution is -2.18. The van der Waals surface area contributed by atoms with Gasteiger partial charge in [-0.1, -0.05) is 65.4 Å². The zero-order chi connectivity index (χ0) is 19.7. The van der Waals surface area contributed by atoms with Gasteiger partial charge in [0.05, 0.1) is 0 Å². The summed E-state index contributed by atoms with van der Waals surface area (Å²) in [5, 5.41) is 10.7. The van der Waals surface area contributed by atoms with E-state index in [1.54, 1.807) is 24.3 Å². The number of phenolic OH excluding ortho intramolecular Hbond substituents is 1. The van der Waals surface area contributed by atoms with Crippen molar-refractivity contribution in [1.82, 2.24) is 0 Å². The third kappa shape index (κ3) is 4.88. The number of thioether (sulfide) groups is 1. The Kier molecular flexibility index (Phi) is 5.86. The summed E-state index contributed by atoms with van der Waals surface area (Å²) < 4.78 is 13.0. The van der Waals surface area contributed by atoms with Crippen molar-refractivity contribution in [2.24, 2.45) is 0 Å². The predicted octanol–water partition coefficient (Wildman–Crippen LogP) is 6.20. The molecule has 0 radical (unpaired) electrons. The Bertz CT molecular complexity index is 761. The van der Waals surface area contributed by atoms with Crippen LogP contribution >= 0.6 is 11.8 Å². The Morgan fingerprint density at radius 3 is 1.85 bits per heavy atom. The van der Waals surface area contributed by atoms with Crippen LogP contribution in [0.15, 0.2) is 36.4 Å². The third-order valence-corrected chi connectivity index (χ3v) is 5.22. The zero-order valence-corrected chi connectivity index (χ0v) is 17.1. The average Bonchev–Trinajstić information content (AvgIpc) is 2.52. The van der Waals surface area contributed by atoms with Gasteiger partial charge in [-0.05, 0) is 40.7 Å². The minimum absolute atomic E-state index is 0.0506. The van der Waals surface area contributed by atoms with Gasteiger partial charge in [0.25, 0.3) is 0 Å². The van der Waals surface area contributed by atoms with Crippen LogP contribution in [0.4, 0.5) is 4.39 Å². The van der Waals surface area contributed by atoms with Crippen LogP contribution in [-0.4, -0.2) is 10.2 Å². The third-order valence-electron chi connectivity index (χ3n) is 4.24. The number of halogens is 1. The average molecular weight is 375 g/mol. The van der Waals surface area contributed by atoms with Crippen molar-refractivity contribution < 1.29 is 14.3 Å². The fraction of sp³-hybridized carbons (Fsp3) is 0.409. The van der Waals surface area contributed by atoms with Crippen LogP contribution in [0.3, 0.4) is 0 Å². The molecule has 2 aromatic carbocycles. The molecule has 26 heavy (non-hydrogen) atoms. The maximum Gasteiger partial charge on any atom is 0.219 e. The number of hydrogen-bond donors (Lipinski definition) is 1. The monoisotopic (exact) mass is 374 g/mol. The van der Waals surface area contributed by atoms with Gasteiger partial charge in [-0.2, -0.15) is 0 Å². The topological polar surface area (TPSA) is 37.3 Å². The van der Waals surface area contributed by atoms with E-state index in [2.05, 4.69) is 0 Å². The molecule has 1 N–H and O–H groups in total. The van der Waals surface area contributed by atoms with E-state index in [0.29, 0.717) is 11.3 Å². The summed E-state index contributed by atoms with van der Waals surface area (Å²) in [5.74, 6) is 0.466. The number of carbonyl (C=O) groups excluding carboxylic acids is 1. The van der Waals surface area contributed by atoms with Gasteiger partial charge in [-0.25, -0.2) is 4.39 Å². The quantitative estimate of drug-likeness (QED) is 0.695. The van der Waals surface area contributed by atoms with Gasteiger partial charge in [0.15, 0.2) is 0 Å². The maximum absolute atomic E-state index is 13.0. The summed E-state index contributed by atoms with van der Waals surface area (Å²) in [7, 11) is 0. The molecule has 0 atom stereocenters. The number of hydrogen-bond acceptors (Lipinski definition) is 3. The second kappa shape index (κ2) is 7.43. The Morgan fingerprint density at radius 1 is 0.962 bits per heavy atom. The van der Waals surface area contributed by atoms with Crippen molar-refractivity contribution in [1.29, 1.82) is 0 Å². The lowest BCUT2D eigenvalue weighted by atomic mass is 9.78. The summed E-state index contributed by atoms with van der Waals surface area (Å²) in [6.45, 7) is 12.1. The van der Waals surface area contributed by atoms with Crippen molar-refractivity contribution in [2.45, 2.75) is 58.1 Å². The van der Waals surface area contributed by atoms with Gasteiger partial charge >= 0.3 is 0 Å². The second-order valence-corrected chi connectivity index (χ2v) is 9.57. The number of carbonyl (C=O) groups is 1. The summed E-state index contributed by atoms with van der Waals surface area (Å²) in [5.41, 5.74) is 2.48. The summed E-state index contributed by atoms with van der Waals surface area (Å²) >= 11 is 1.19. The number of phenols is 1. The Labute approximate surface area is 159 Å². The Balaban J connectivity index is 2.35. The fourth-order valence-corrected chi connectivity index (χ4v) is 3.48. The SMILES string of the molecule is CC(C)(C)c1cc(C(=O)SCc2ccc(F)cc2)cc(C(C)(C)C)c1O. The van der Waals surface area contributed by atoms with Crippen LogP contribution in [0.1, 0.15) is 68.6 Å². The Morgan fingerprint density at radius 2 is 1.42 bits per heavy atom. The zero-order valence-electron chi connectivity index (χ0n) is 16.3. The van der Waals surface area contributed by atoms with Gasteiger partial charge in [0, 0.05) is 22.4 Å². The lowest BCUT2D eigenvalue weighted by molar-refractivity contribution is 0.108. The van der Waals surface area contributed by atoms with E-state index in [1.807, 2.05) is 41.5 Å². The van der Waals surface area contributed by atoms with Crippen molar-refractivity contribution in [3.05, 3.63) is 64.5 Å². The van der Waals surface area contributed by atoms with Crippen LogP contribution in [0.2, 0.25) is 0 Å². The van der Waals surface area contributed by atoms with E-state index in [-0.39, 0.29) is 27.5 Å². The predicted molar refractivity (Wildman–Crippen MR) is 108 cm³/mol. The minimum Gasteiger partial charge on any atom is -0.507 e. The van der Waals surface area contributed by atoms with Crippen molar-refractivity contribution in [3.8, 4) is 5.75 Å². The van der Waals surface area contributed by atoms with Gasteiger partial charge < -0.3 is 5.11 Å². The standard InChI is InChI=1S/C22H27FO2S/c1-21(2,3)17-11-15(12-18(19(17)24)22(4,5)6)20(25)26-13-14-7-9-16(23)10-8-14/h7-12,24H,13H2,1-6H3. The van der Waals surface area contributed by atoms with Crippen molar-refractivity contribution >= 4 is 16.9 Å². The molecule has 0 saturated heterocycles. The van der Waals surface area contributed by atoms with E-state index < -0.39 is 0 Å². The molecule has 0 bridgehead atoms. The number of aromatic hydroxyl groups is 1. The van der Waals surface area contributed by atoms with Crippen molar-refractivity contribution in [2.75, 3.05) is 0 Å². The first-order valence-corrected chi connectivity index (χ1v) is 9.67. The molecule has 2 aromatic rings. The molecule has 0 aliphatic heterocycles. The molecule has 0 spiro atoms. The van der Waals surface area contributed by atoms with E-state index >= 15 is 0 Å². The van der Waals surface area contributed by atoms with E-state index in [0.717, 1.165) is 16.7 Å². The van der Waals surface area contributed by atoms with Gasteiger partial charge in [0.1, 0.15) is 11.6 Å². The molecule has 2 rings (SSSR count). The second-order valence-electron chi connectivity index (χ2n) is 8.62. The van der Waals surface area contributed by atoms with E-state index in [4.69, 9.17) is 0 Å². The summed E-state index contributed by atoms with van der Waals surface area (Å²) in [6.07, 6.45) is 0. The highest BCUT2D eigenvalue weighted by Crippen LogP contribution is 2.40. The number of benzene rings is 2. The minimum atomic E-state index is -0.284. The summed E-state index contributed by atoms with van der Waals surface area (Å²) in [6, 6.07) is 9.77. The molecular formula is C22H27FO2S. The van der Waals surface area contributed by atoms with Crippen LogP contribution < -0.4 is 0 Å². The number of rotatable bonds is 3. The molecule has 2 nitrogen and oxygen atoms in total. The molecule has 140 valence electrons. The molecule has 4 heteroatoms. The van der Waals surface area contributed by atoms with Crippen LogP contribution in [0.5, 0.6) is 5.75 Å². The van der Waals surface area contributed by atoms with E-state index in [1.165, 1.54) is 23.9 Å². The lowest BCUT2D eigenvalue weighted by Gasteiger charge is -2.28. The summed E-state index contributed by atoms with van der Waals surface area (Å²) in [4.78, 5) is 12.8. The van der Waals surface area contributed by atoms with Crippen LogP contribution in [0, 0.1) is 5.82 Å². The highest BCUT2D eigenvalue weighted by Gasteiger charge is 2.27. The maximum atomic E-state index is 13.0. The molecule has 0 fully saturated rings. The molecular weight excluding hydrogens is 347 g/mol. The highest BCUT2D eigenvalue weighted by atomic mass is 32.2. The smallest absolute Gasteiger partial charge is 0.219 e. The van der Waals surface area contributed by atoms with Gasteiger partial charge in [0.2, 0.25) is 5.12 Å². The van der Waals surface area contributed by atoms with Gasteiger partial charge in [-0.3, -0.25) is 4.79 Å². The molecule has 0 unspecified atom stereocenters. The molecule has 0 heterocycles. The van der Waals surface area contributed by atoms with Crippen molar-refractivity contribution in [3.63, 3.8) is 0 Å².